The van der Waals surface area contributed by atoms with Crippen LogP contribution in [0.1, 0.15) is 42.0 Å². The van der Waals surface area contributed by atoms with Crippen LogP contribution >= 0.6 is 0 Å². The van der Waals surface area contributed by atoms with Gasteiger partial charge in [0.05, 0.1) is 0 Å². The maximum atomic E-state index is 4.37. The normalized spacial score (nSPS) is 19.9. The van der Waals surface area contributed by atoms with Gasteiger partial charge in [-0.3, -0.25) is 9.88 Å². The molecule has 1 saturated heterocycles. The first-order chi connectivity index (χ1) is 9.83. The summed E-state index contributed by atoms with van der Waals surface area (Å²) in [5.74, 6) is 0. The molecule has 2 heterocycles. The van der Waals surface area contributed by atoms with E-state index in [1.807, 2.05) is 12.4 Å². The number of aromatic nitrogens is 1. The van der Waals surface area contributed by atoms with Gasteiger partial charge in [0, 0.05) is 25.0 Å². The zero-order chi connectivity index (χ0) is 13.8. The number of rotatable bonds is 3. The molecule has 3 rings (SSSR count). The molecule has 0 saturated carbocycles. The first kappa shape index (κ1) is 13.3. The Balaban J connectivity index is 1.80. The van der Waals surface area contributed by atoms with Gasteiger partial charge in [-0.05, 0) is 43.0 Å². The second kappa shape index (κ2) is 6.19. The highest BCUT2D eigenvalue weighted by atomic mass is 15.2. The summed E-state index contributed by atoms with van der Waals surface area (Å²) >= 11 is 0. The van der Waals surface area contributed by atoms with Crippen molar-refractivity contribution in [2.45, 2.75) is 38.8 Å². The lowest BCUT2D eigenvalue weighted by Crippen LogP contribution is -2.33. The third-order valence-corrected chi connectivity index (χ3v) is 4.12. The lowest BCUT2D eigenvalue weighted by molar-refractivity contribution is 0.140. The molecule has 20 heavy (non-hydrogen) atoms. The van der Waals surface area contributed by atoms with Crippen LogP contribution in [0.4, 0.5) is 0 Å². The lowest BCUT2D eigenvalue weighted by Gasteiger charge is -2.36. The number of likely N-dealkylation sites (tertiary alicyclic amines) is 1. The second-order valence-corrected chi connectivity index (χ2v) is 5.76. The average Bonchev–Trinajstić information content (AvgIpc) is 2.49. The Morgan fingerprint density at radius 1 is 1.15 bits per heavy atom. The average molecular weight is 266 g/mol. The lowest BCUT2D eigenvalue weighted by atomic mass is 9.95. The zero-order valence-electron chi connectivity index (χ0n) is 12.1. The van der Waals surface area contributed by atoms with E-state index >= 15 is 0 Å². The second-order valence-electron chi connectivity index (χ2n) is 5.76. The maximum absolute atomic E-state index is 4.37. The van der Waals surface area contributed by atoms with Crippen LogP contribution in [0.2, 0.25) is 0 Å². The smallest absolute Gasteiger partial charge is 0.0367 e. The van der Waals surface area contributed by atoms with E-state index in [0.717, 1.165) is 6.54 Å². The number of benzene rings is 1. The van der Waals surface area contributed by atoms with Crippen molar-refractivity contribution < 1.29 is 0 Å². The van der Waals surface area contributed by atoms with Gasteiger partial charge < -0.3 is 0 Å². The summed E-state index contributed by atoms with van der Waals surface area (Å²) in [5, 5.41) is 0. The zero-order valence-corrected chi connectivity index (χ0v) is 12.1. The Labute approximate surface area is 121 Å². The number of aryl methyl sites for hydroxylation is 1. The third kappa shape index (κ3) is 3.07. The van der Waals surface area contributed by atoms with E-state index in [-0.39, 0.29) is 0 Å². The molecule has 0 amide bonds. The van der Waals surface area contributed by atoms with Gasteiger partial charge in [0.25, 0.3) is 0 Å². The van der Waals surface area contributed by atoms with Crippen molar-refractivity contribution in [3.8, 4) is 0 Å². The predicted molar refractivity (Wildman–Crippen MR) is 82.4 cm³/mol. The highest BCUT2D eigenvalue weighted by Gasteiger charge is 2.24. The Morgan fingerprint density at radius 2 is 2.00 bits per heavy atom. The van der Waals surface area contributed by atoms with Crippen molar-refractivity contribution >= 4 is 0 Å². The van der Waals surface area contributed by atoms with Crippen molar-refractivity contribution in [2.75, 3.05) is 6.54 Å². The van der Waals surface area contributed by atoms with Crippen molar-refractivity contribution in [2.24, 2.45) is 0 Å². The van der Waals surface area contributed by atoms with Crippen LogP contribution in [0.25, 0.3) is 0 Å². The van der Waals surface area contributed by atoms with Gasteiger partial charge in [0.1, 0.15) is 0 Å². The minimum atomic E-state index is 0.524. The minimum absolute atomic E-state index is 0.524. The number of hydrogen-bond donors (Lipinski definition) is 0. The van der Waals surface area contributed by atoms with Gasteiger partial charge >= 0.3 is 0 Å². The van der Waals surface area contributed by atoms with E-state index in [4.69, 9.17) is 0 Å². The first-order valence-corrected chi connectivity index (χ1v) is 7.52. The molecule has 104 valence electrons. The van der Waals surface area contributed by atoms with Gasteiger partial charge in [-0.25, -0.2) is 0 Å². The molecule has 1 aliphatic heterocycles. The molecule has 2 aromatic rings. The van der Waals surface area contributed by atoms with Gasteiger partial charge in [-0.15, -0.1) is 0 Å². The first-order valence-electron chi connectivity index (χ1n) is 7.52. The van der Waals surface area contributed by atoms with Crippen molar-refractivity contribution in [3.05, 3.63) is 65.5 Å². The van der Waals surface area contributed by atoms with Crippen LogP contribution < -0.4 is 0 Å². The summed E-state index contributed by atoms with van der Waals surface area (Å²) in [6.45, 7) is 4.35. The largest absolute Gasteiger partial charge is 0.292 e. The molecular weight excluding hydrogens is 244 g/mol. The Kier molecular flexibility index (Phi) is 4.12. The van der Waals surface area contributed by atoms with Crippen LogP contribution in [0.3, 0.4) is 0 Å². The van der Waals surface area contributed by atoms with Crippen LogP contribution in [-0.2, 0) is 6.54 Å². The fourth-order valence-electron chi connectivity index (χ4n) is 3.14. The minimum Gasteiger partial charge on any atom is -0.292 e. The van der Waals surface area contributed by atoms with Crippen LogP contribution in [0, 0.1) is 6.92 Å². The molecular formula is C18H22N2. The molecule has 1 aromatic carbocycles. The summed E-state index contributed by atoms with van der Waals surface area (Å²) in [6, 6.07) is 13.6. The molecule has 0 spiro atoms. The highest BCUT2D eigenvalue weighted by molar-refractivity contribution is 5.22. The fourth-order valence-corrected chi connectivity index (χ4v) is 3.14. The fraction of sp³-hybridized carbons (Fsp3) is 0.389. The van der Waals surface area contributed by atoms with E-state index in [1.54, 1.807) is 0 Å². The molecule has 0 radical (unpaired) electrons. The van der Waals surface area contributed by atoms with Gasteiger partial charge in [0.2, 0.25) is 0 Å². The number of hydrogen-bond acceptors (Lipinski definition) is 2. The Bertz CT molecular complexity index is 550. The molecule has 1 atom stereocenters. The topological polar surface area (TPSA) is 16.1 Å². The molecule has 2 nitrogen and oxygen atoms in total. The Hall–Kier alpha value is -1.67. The molecule has 1 aromatic heterocycles. The standard InChI is InChI=1S/C18H22N2/c1-15-11-17(13-19-12-15)18-9-5-6-10-20(18)14-16-7-3-2-4-8-16/h2-4,7-8,11-13,18H,5-6,9-10,14H2,1H3/t18-/m1/s1. The van der Waals surface area contributed by atoms with Crippen LogP contribution in [-0.4, -0.2) is 16.4 Å². The van der Waals surface area contributed by atoms with E-state index in [1.165, 1.54) is 42.5 Å². The van der Waals surface area contributed by atoms with Crippen LogP contribution in [0.5, 0.6) is 0 Å². The molecule has 0 unspecified atom stereocenters. The number of nitrogens with zero attached hydrogens (tertiary/aromatic N) is 2. The number of pyridine rings is 1. The van der Waals surface area contributed by atoms with Gasteiger partial charge in [0.15, 0.2) is 0 Å². The molecule has 2 heteroatoms. The van der Waals surface area contributed by atoms with Gasteiger partial charge in [-0.2, -0.15) is 0 Å². The Morgan fingerprint density at radius 3 is 2.80 bits per heavy atom. The summed E-state index contributed by atoms with van der Waals surface area (Å²) < 4.78 is 0. The number of piperidine rings is 1. The van der Waals surface area contributed by atoms with E-state index in [2.05, 4.69) is 53.2 Å². The van der Waals surface area contributed by atoms with Crippen LogP contribution in [0.15, 0.2) is 48.8 Å². The molecule has 0 bridgehead atoms. The van der Waals surface area contributed by atoms with Crippen molar-refractivity contribution in [1.82, 2.24) is 9.88 Å². The van der Waals surface area contributed by atoms with Gasteiger partial charge in [-0.1, -0.05) is 42.8 Å². The predicted octanol–water partition coefficient (Wildman–Crippen LogP) is 4.12. The van der Waals surface area contributed by atoms with E-state index < -0.39 is 0 Å². The van der Waals surface area contributed by atoms with E-state index in [0.29, 0.717) is 6.04 Å². The third-order valence-electron chi connectivity index (χ3n) is 4.12. The maximum Gasteiger partial charge on any atom is 0.0367 e. The van der Waals surface area contributed by atoms with Crippen molar-refractivity contribution in [1.29, 1.82) is 0 Å². The molecule has 1 fully saturated rings. The summed E-state index contributed by atoms with van der Waals surface area (Å²) in [6.07, 6.45) is 7.86. The van der Waals surface area contributed by atoms with E-state index in [9.17, 15) is 0 Å². The molecule has 1 aliphatic rings. The summed E-state index contributed by atoms with van der Waals surface area (Å²) in [7, 11) is 0. The summed E-state index contributed by atoms with van der Waals surface area (Å²) in [4.78, 5) is 6.98. The monoisotopic (exact) mass is 266 g/mol. The molecule has 0 aliphatic carbocycles. The quantitative estimate of drug-likeness (QED) is 0.831. The molecule has 0 N–H and O–H groups in total. The SMILES string of the molecule is Cc1cncc([C@H]2CCCCN2Cc2ccccc2)c1. The van der Waals surface area contributed by atoms with Crippen molar-refractivity contribution in [3.63, 3.8) is 0 Å². The highest BCUT2D eigenvalue weighted by Crippen LogP contribution is 2.32. The summed E-state index contributed by atoms with van der Waals surface area (Å²) in [5.41, 5.74) is 4.04.